The van der Waals surface area contributed by atoms with Crippen LogP contribution in [0, 0.1) is 11.8 Å². The highest BCUT2D eigenvalue weighted by Crippen LogP contribution is 2.26. The minimum atomic E-state index is -1.88. The molecule has 71 heavy (non-hydrogen) atoms. The molecule has 3 rings (SSSR count). The Labute approximate surface area is 413 Å². The number of nitrogens with two attached hydrogens (primary N) is 2. The molecule has 3 aliphatic heterocycles. The van der Waals surface area contributed by atoms with E-state index in [-0.39, 0.29) is 76.0 Å². The van der Waals surface area contributed by atoms with E-state index in [0.717, 1.165) is 6.92 Å². The van der Waals surface area contributed by atoms with Crippen LogP contribution in [0.4, 0.5) is 0 Å². The van der Waals surface area contributed by atoms with Gasteiger partial charge < -0.3 is 74.0 Å². The number of guanidine groups is 1. The number of aliphatic carboxylic acids is 1. The van der Waals surface area contributed by atoms with Crippen LogP contribution in [-0.2, 0) is 52.7 Å². The number of carbonyl (C=O) groups is 11. The van der Waals surface area contributed by atoms with Gasteiger partial charge in [-0.15, -0.1) is 0 Å². The van der Waals surface area contributed by atoms with Crippen LogP contribution in [-0.4, -0.2) is 177 Å². The van der Waals surface area contributed by atoms with Gasteiger partial charge in [0.05, 0.1) is 12.5 Å². The fourth-order valence-corrected chi connectivity index (χ4v) is 8.51. The number of carbonyl (C=O) groups excluding carboxylic acids is 10. The largest absolute Gasteiger partial charge is 0.481 e. The molecule has 3 aliphatic rings. The summed E-state index contributed by atoms with van der Waals surface area (Å²) in [6, 6.07) is -13.5. The number of carboxylic acid groups (broad SMARTS) is 1. The number of aliphatic hydroxyl groups is 1. The Kier molecular flexibility index (Phi) is 22.4. The Hall–Kier alpha value is -6.60. The van der Waals surface area contributed by atoms with E-state index in [2.05, 4.69) is 47.5 Å². The van der Waals surface area contributed by atoms with Crippen LogP contribution in [0.3, 0.4) is 0 Å². The summed E-state index contributed by atoms with van der Waals surface area (Å²) in [4.78, 5) is 157. The number of fused-ring (bicyclic) bond motifs is 2. The summed E-state index contributed by atoms with van der Waals surface area (Å²) in [5.74, 6) is -10.6. The van der Waals surface area contributed by atoms with Gasteiger partial charge in [0.1, 0.15) is 60.4 Å². The first-order chi connectivity index (χ1) is 33.2. The molecule has 3 saturated heterocycles. The van der Waals surface area contributed by atoms with Gasteiger partial charge in [0.15, 0.2) is 5.96 Å². The van der Waals surface area contributed by atoms with Crippen LogP contribution in [0.2, 0.25) is 0 Å². The Balaban J connectivity index is 2.07. The second-order valence-corrected chi connectivity index (χ2v) is 19.3. The molecule has 0 radical (unpaired) electrons. The Morgan fingerprint density at radius 2 is 1.01 bits per heavy atom. The standard InChI is InChI=1S/C45H75N13O13/c1-21(2)18-28-38(65)49-23(5)35(62)52-27(12-9-15-48-45(46)47)37(64)56-34(26(8)59)42(69)55-30(20-33(60)61)40(67)54-29(19-22(3)4)39(66)51-25(7)43(70)58-17-11-14-32(58)44(71)57-16-10-13-31(57)41(68)50-24(6)36(63)53-28/h21-32,34,59H,9-20H2,1-8H3,(H,49,65)(H,50,68)(H,51,66)(H,52,62)(H,53,63)(H,54,67)(H,55,69)(H,56,64)(H,60,61)(H4,46,47,48)/t23-,24-,25-,26+,27-,28-,29-,30-,31-,32+,34-/m0/s1. The minimum absolute atomic E-state index is 0.00296. The number of carboxylic acids is 1. The highest BCUT2D eigenvalue weighted by Gasteiger charge is 2.44. The van der Waals surface area contributed by atoms with Crippen molar-refractivity contribution in [3.05, 3.63) is 0 Å². The molecule has 0 saturated carbocycles. The van der Waals surface area contributed by atoms with E-state index in [9.17, 15) is 63.0 Å². The van der Waals surface area contributed by atoms with Crippen molar-refractivity contribution in [3.8, 4) is 0 Å². The topological polar surface area (TPSA) is 395 Å². The molecule has 0 unspecified atom stereocenters. The molecule has 10 amide bonds. The van der Waals surface area contributed by atoms with Gasteiger partial charge in [-0.05, 0) is 90.9 Å². The van der Waals surface area contributed by atoms with Gasteiger partial charge in [0.2, 0.25) is 59.1 Å². The first kappa shape index (κ1) is 58.7. The molecule has 26 nitrogen and oxygen atoms in total. The molecule has 0 aromatic carbocycles. The Bertz CT molecular complexity index is 2010. The summed E-state index contributed by atoms with van der Waals surface area (Å²) >= 11 is 0. The SMILES string of the molecule is CC(C)C[C@@H]1NC(=O)[C@H](C)NC(=O)[C@@H]2CCCN2C(=O)[C@H]2CCCN2C(=O)[C@H](C)NC(=O)[C@H](CC(C)C)NC(=O)[C@H](CC(=O)O)NC(=O)[C@H]([C@@H](C)O)NC(=O)[C@H](CCCN=C(N)N)NC(=O)[C@H](C)NC1=O. The molecular formula is C45H75N13O13. The summed E-state index contributed by atoms with van der Waals surface area (Å²) in [7, 11) is 0. The zero-order valence-electron chi connectivity index (χ0n) is 41.9. The maximum Gasteiger partial charge on any atom is 0.305 e. The Morgan fingerprint density at radius 1 is 0.577 bits per heavy atom. The van der Waals surface area contributed by atoms with Crippen LogP contribution in [0.1, 0.15) is 113 Å². The van der Waals surface area contributed by atoms with Gasteiger partial charge >= 0.3 is 5.97 Å². The lowest BCUT2D eigenvalue weighted by atomic mass is 10.0. The number of aliphatic imine (C=N–C) groups is 1. The molecule has 0 aromatic heterocycles. The number of amides is 10. The molecule has 11 atom stereocenters. The first-order valence-corrected chi connectivity index (χ1v) is 24.2. The van der Waals surface area contributed by atoms with Crippen LogP contribution in [0.5, 0.6) is 0 Å². The number of rotatable bonds is 11. The fourth-order valence-electron chi connectivity index (χ4n) is 8.51. The summed E-state index contributed by atoms with van der Waals surface area (Å²) in [5.41, 5.74) is 10.9. The van der Waals surface area contributed by atoms with Crippen molar-refractivity contribution in [1.29, 1.82) is 0 Å². The molecule has 14 N–H and O–H groups in total. The van der Waals surface area contributed by atoms with Crippen molar-refractivity contribution < 1.29 is 63.0 Å². The van der Waals surface area contributed by atoms with Crippen LogP contribution < -0.4 is 54.0 Å². The highest BCUT2D eigenvalue weighted by molar-refractivity contribution is 6.00. The van der Waals surface area contributed by atoms with Gasteiger partial charge in [-0.1, -0.05) is 27.7 Å². The number of hydrogen-bond acceptors (Lipinski definition) is 13. The zero-order valence-corrected chi connectivity index (χ0v) is 41.9. The van der Waals surface area contributed by atoms with Gasteiger partial charge in [0.25, 0.3) is 0 Å². The van der Waals surface area contributed by atoms with Crippen molar-refractivity contribution >= 4 is 71.0 Å². The van der Waals surface area contributed by atoms with Gasteiger partial charge in [0, 0.05) is 19.6 Å². The van der Waals surface area contributed by atoms with E-state index in [1.54, 1.807) is 27.7 Å². The summed E-state index contributed by atoms with van der Waals surface area (Å²) in [6.07, 6.45) is -1.27. The number of nitrogens with zero attached hydrogens (tertiary/aromatic N) is 3. The van der Waals surface area contributed by atoms with E-state index in [1.807, 2.05) is 0 Å². The van der Waals surface area contributed by atoms with E-state index >= 15 is 0 Å². The highest BCUT2D eigenvalue weighted by atomic mass is 16.4. The molecule has 0 bridgehead atoms. The molecule has 0 spiro atoms. The Morgan fingerprint density at radius 3 is 1.52 bits per heavy atom. The molecule has 3 fully saturated rings. The van der Waals surface area contributed by atoms with Crippen LogP contribution in [0.15, 0.2) is 4.99 Å². The molecule has 3 heterocycles. The third kappa shape index (κ3) is 17.6. The summed E-state index contributed by atoms with van der Waals surface area (Å²) in [6.45, 7) is 12.6. The van der Waals surface area contributed by atoms with Crippen molar-refractivity contribution in [3.63, 3.8) is 0 Å². The smallest absolute Gasteiger partial charge is 0.305 e. The van der Waals surface area contributed by atoms with Crippen LogP contribution >= 0.6 is 0 Å². The monoisotopic (exact) mass is 1010 g/mol. The third-order valence-corrected chi connectivity index (χ3v) is 12.2. The lowest BCUT2D eigenvalue weighted by Crippen LogP contribution is -2.62. The average Bonchev–Trinajstić information content (AvgIpc) is 3.98. The molecule has 0 aromatic rings. The quantitative estimate of drug-likeness (QED) is 0.0532. The molecule has 0 aliphatic carbocycles. The maximum absolute atomic E-state index is 14.2. The zero-order chi connectivity index (χ0) is 53.4. The number of aliphatic hydroxyl groups excluding tert-OH is 1. The van der Waals surface area contributed by atoms with Crippen molar-refractivity contribution in [2.75, 3.05) is 19.6 Å². The number of hydrogen-bond donors (Lipinski definition) is 12. The van der Waals surface area contributed by atoms with Crippen molar-refractivity contribution in [2.24, 2.45) is 28.3 Å². The molecular weight excluding hydrogens is 931 g/mol. The maximum atomic E-state index is 14.2. The van der Waals surface area contributed by atoms with E-state index < -0.39 is 138 Å². The van der Waals surface area contributed by atoms with Crippen molar-refractivity contribution in [2.45, 2.75) is 180 Å². The van der Waals surface area contributed by atoms with Gasteiger partial charge in [-0.25, -0.2) is 0 Å². The second-order valence-electron chi connectivity index (χ2n) is 19.3. The number of nitrogens with one attached hydrogen (secondary N) is 8. The van der Waals surface area contributed by atoms with Gasteiger partial charge in [-0.2, -0.15) is 0 Å². The van der Waals surface area contributed by atoms with Crippen molar-refractivity contribution in [1.82, 2.24) is 52.3 Å². The average molecular weight is 1010 g/mol. The minimum Gasteiger partial charge on any atom is -0.481 e. The molecule has 398 valence electrons. The summed E-state index contributed by atoms with van der Waals surface area (Å²) in [5, 5.41) is 40.4. The second kappa shape index (κ2) is 27.1. The van der Waals surface area contributed by atoms with E-state index in [1.165, 1.54) is 30.6 Å². The molecule has 26 heteroatoms. The van der Waals surface area contributed by atoms with E-state index in [0.29, 0.717) is 12.8 Å². The van der Waals surface area contributed by atoms with E-state index in [4.69, 9.17) is 11.5 Å². The predicted molar refractivity (Wildman–Crippen MR) is 255 cm³/mol. The fraction of sp³-hybridized carbons (Fsp3) is 0.733. The normalized spacial score (nSPS) is 29.1. The predicted octanol–water partition coefficient (Wildman–Crippen LogP) is -4.08. The first-order valence-electron chi connectivity index (χ1n) is 24.2. The third-order valence-electron chi connectivity index (χ3n) is 12.2. The lowest BCUT2D eigenvalue weighted by molar-refractivity contribution is -0.148. The van der Waals surface area contributed by atoms with Crippen LogP contribution in [0.25, 0.3) is 0 Å². The van der Waals surface area contributed by atoms with Gasteiger partial charge in [-0.3, -0.25) is 57.7 Å². The lowest BCUT2D eigenvalue weighted by Gasteiger charge is -2.33. The summed E-state index contributed by atoms with van der Waals surface area (Å²) < 4.78 is 0.